The Morgan fingerprint density at radius 1 is 1.56 bits per heavy atom. The van der Waals surface area contributed by atoms with Gasteiger partial charge < -0.3 is 15.8 Å². The van der Waals surface area contributed by atoms with E-state index in [1.54, 1.807) is 18.4 Å². The second kappa shape index (κ2) is 6.35. The molecule has 0 saturated heterocycles. The molecule has 0 spiro atoms. The summed E-state index contributed by atoms with van der Waals surface area (Å²) in [6.45, 7) is 5.70. The molecule has 0 aromatic carbocycles. The third-order valence-electron chi connectivity index (χ3n) is 2.72. The van der Waals surface area contributed by atoms with Crippen molar-refractivity contribution in [2.24, 2.45) is 5.73 Å². The minimum Gasteiger partial charge on any atom is -0.379 e. The molecule has 92 valence electrons. The number of nitrogens with two attached hydrogens (primary N) is 1. The lowest BCUT2D eigenvalue weighted by Crippen LogP contribution is -2.41. The highest BCUT2D eigenvalue weighted by Gasteiger charge is 2.21. The molecule has 1 aromatic rings. The Morgan fingerprint density at radius 3 is 2.81 bits per heavy atom. The standard InChI is InChI=1S/C12H22N2OS/c1-12(2,15-3)7-10(8-13)14-9-11-5-4-6-16-11/h4-6,10,14H,7-9,13H2,1-3H3. The van der Waals surface area contributed by atoms with Crippen LogP contribution in [0.3, 0.4) is 0 Å². The van der Waals surface area contributed by atoms with Crippen LogP contribution in [0.25, 0.3) is 0 Å². The van der Waals surface area contributed by atoms with Crippen molar-refractivity contribution in [1.82, 2.24) is 5.32 Å². The van der Waals surface area contributed by atoms with Crippen LogP contribution in [-0.4, -0.2) is 25.3 Å². The summed E-state index contributed by atoms with van der Waals surface area (Å²) in [5.74, 6) is 0. The van der Waals surface area contributed by atoms with Gasteiger partial charge in [-0.15, -0.1) is 11.3 Å². The Labute approximate surface area is 102 Å². The summed E-state index contributed by atoms with van der Waals surface area (Å²) in [6.07, 6.45) is 0.922. The molecule has 0 fully saturated rings. The number of nitrogens with one attached hydrogen (secondary N) is 1. The Bertz CT molecular complexity index is 285. The Kier molecular flexibility index (Phi) is 5.41. The van der Waals surface area contributed by atoms with Crippen molar-refractivity contribution in [3.8, 4) is 0 Å². The first-order valence-electron chi connectivity index (χ1n) is 5.58. The summed E-state index contributed by atoms with van der Waals surface area (Å²) >= 11 is 1.76. The molecule has 0 bridgehead atoms. The van der Waals surface area contributed by atoms with Crippen LogP contribution in [0.4, 0.5) is 0 Å². The molecular formula is C12H22N2OS. The minimum absolute atomic E-state index is 0.119. The van der Waals surface area contributed by atoms with Crippen molar-refractivity contribution >= 4 is 11.3 Å². The smallest absolute Gasteiger partial charge is 0.0638 e. The number of ether oxygens (including phenoxy) is 1. The van der Waals surface area contributed by atoms with E-state index in [1.807, 2.05) is 0 Å². The molecule has 0 saturated carbocycles. The van der Waals surface area contributed by atoms with Crippen molar-refractivity contribution in [3.05, 3.63) is 22.4 Å². The van der Waals surface area contributed by atoms with Gasteiger partial charge in [0.25, 0.3) is 0 Å². The molecule has 0 amide bonds. The quantitative estimate of drug-likeness (QED) is 0.768. The van der Waals surface area contributed by atoms with Crippen LogP contribution in [0.2, 0.25) is 0 Å². The van der Waals surface area contributed by atoms with Crippen LogP contribution in [-0.2, 0) is 11.3 Å². The van der Waals surface area contributed by atoms with Crippen molar-refractivity contribution in [1.29, 1.82) is 0 Å². The van der Waals surface area contributed by atoms with E-state index in [2.05, 4.69) is 36.7 Å². The Morgan fingerprint density at radius 2 is 2.31 bits per heavy atom. The topological polar surface area (TPSA) is 47.3 Å². The summed E-state index contributed by atoms with van der Waals surface area (Å²) in [5, 5.41) is 5.56. The fraction of sp³-hybridized carbons (Fsp3) is 0.667. The molecule has 1 unspecified atom stereocenters. The van der Waals surface area contributed by atoms with E-state index in [-0.39, 0.29) is 5.60 Å². The molecule has 3 N–H and O–H groups in total. The van der Waals surface area contributed by atoms with Crippen LogP contribution in [0.15, 0.2) is 17.5 Å². The molecular weight excluding hydrogens is 220 g/mol. The summed E-state index contributed by atoms with van der Waals surface area (Å²) < 4.78 is 5.41. The lowest BCUT2D eigenvalue weighted by Gasteiger charge is -2.28. The number of rotatable bonds is 7. The largest absolute Gasteiger partial charge is 0.379 e. The van der Waals surface area contributed by atoms with Gasteiger partial charge in [-0.1, -0.05) is 6.07 Å². The predicted octanol–water partition coefficient (Wildman–Crippen LogP) is 1.98. The van der Waals surface area contributed by atoms with Gasteiger partial charge in [0.05, 0.1) is 5.60 Å². The summed E-state index contributed by atoms with van der Waals surface area (Å²) in [6, 6.07) is 4.50. The van der Waals surface area contributed by atoms with Gasteiger partial charge in [-0.25, -0.2) is 0 Å². The van der Waals surface area contributed by atoms with Gasteiger partial charge in [-0.3, -0.25) is 0 Å². The molecule has 16 heavy (non-hydrogen) atoms. The van der Waals surface area contributed by atoms with Crippen molar-refractivity contribution < 1.29 is 4.74 Å². The summed E-state index contributed by atoms with van der Waals surface area (Å²) in [5.41, 5.74) is 5.64. The minimum atomic E-state index is -0.119. The highest BCUT2D eigenvalue weighted by Crippen LogP contribution is 2.16. The summed E-state index contributed by atoms with van der Waals surface area (Å²) in [7, 11) is 1.74. The van der Waals surface area contributed by atoms with Crippen molar-refractivity contribution in [2.75, 3.05) is 13.7 Å². The maximum Gasteiger partial charge on any atom is 0.0638 e. The number of methoxy groups -OCH3 is 1. The molecule has 1 atom stereocenters. The monoisotopic (exact) mass is 242 g/mol. The number of hydrogen-bond donors (Lipinski definition) is 2. The van der Waals surface area contributed by atoms with Crippen LogP contribution in [0.1, 0.15) is 25.1 Å². The van der Waals surface area contributed by atoms with E-state index < -0.39 is 0 Å². The third-order valence-corrected chi connectivity index (χ3v) is 3.60. The Hall–Kier alpha value is -0.420. The molecule has 0 aliphatic rings. The maximum atomic E-state index is 5.76. The first-order valence-corrected chi connectivity index (χ1v) is 6.46. The van der Waals surface area contributed by atoms with Gasteiger partial charge in [-0.2, -0.15) is 0 Å². The zero-order chi connectivity index (χ0) is 12.0. The first kappa shape index (κ1) is 13.6. The van der Waals surface area contributed by atoms with Crippen LogP contribution in [0, 0.1) is 0 Å². The van der Waals surface area contributed by atoms with Gasteiger partial charge in [-0.05, 0) is 31.7 Å². The number of thiophene rings is 1. The zero-order valence-electron chi connectivity index (χ0n) is 10.3. The second-order valence-corrected chi connectivity index (χ2v) is 5.59. The van der Waals surface area contributed by atoms with Crippen LogP contribution in [0.5, 0.6) is 0 Å². The van der Waals surface area contributed by atoms with Crippen LogP contribution < -0.4 is 11.1 Å². The molecule has 0 aliphatic heterocycles. The first-order chi connectivity index (χ1) is 7.57. The van der Waals surface area contributed by atoms with Crippen molar-refractivity contribution in [2.45, 2.75) is 38.5 Å². The van der Waals surface area contributed by atoms with E-state index in [4.69, 9.17) is 10.5 Å². The van der Waals surface area contributed by atoms with Crippen molar-refractivity contribution in [3.63, 3.8) is 0 Å². The molecule has 4 heteroatoms. The second-order valence-electron chi connectivity index (χ2n) is 4.56. The Balaban J connectivity index is 2.37. The average Bonchev–Trinajstić information content (AvgIpc) is 2.77. The van der Waals surface area contributed by atoms with E-state index in [1.165, 1.54) is 4.88 Å². The normalized spacial score (nSPS) is 14.0. The molecule has 3 nitrogen and oxygen atoms in total. The van der Waals surface area contributed by atoms with Gasteiger partial charge in [0.2, 0.25) is 0 Å². The SMILES string of the molecule is COC(C)(C)CC(CN)NCc1cccs1. The van der Waals surface area contributed by atoms with Gasteiger partial charge in [0, 0.05) is 31.1 Å². The van der Waals surface area contributed by atoms with Crippen LogP contribution >= 0.6 is 11.3 Å². The molecule has 1 heterocycles. The molecule has 1 aromatic heterocycles. The van der Waals surface area contributed by atoms with E-state index in [9.17, 15) is 0 Å². The fourth-order valence-electron chi connectivity index (χ4n) is 1.57. The maximum absolute atomic E-state index is 5.76. The number of hydrogen-bond acceptors (Lipinski definition) is 4. The fourth-order valence-corrected chi connectivity index (χ4v) is 2.23. The third kappa shape index (κ3) is 4.61. The van der Waals surface area contributed by atoms with Gasteiger partial charge >= 0.3 is 0 Å². The van der Waals surface area contributed by atoms with E-state index >= 15 is 0 Å². The lowest BCUT2D eigenvalue weighted by molar-refractivity contribution is 0.00766. The highest BCUT2D eigenvalue weighted by atomic mass is 32.1. The predicted molar refractivity (Wildman–Crippen MR) is 69.7 cm³/mol. The summed E-state index contributed by atoms with van der Waals surface area (Å²) in [4.78, 5) is 1.34. The lowest BCUT2D eigenvalue weighted by atomic mass is 9.99. The molecule has 1 rings (SSSR count). The van der Waals surface area contributed by atoms with Gasteiger partial charge in [0.1, 0.15) is 0 Å². The van der Waals surface area contributed by atoms with E-state index in [0.717, 1.165) is 13.0 Å². The zero-order valence-corrected chi connectivity index (χ0v) is 11.1. The molecule has 0 aliphatic carbocycles. The van der Waals surface area contributed by atoms with Gasteiger partial charge in [0.15, 0.2) is 0 Å². The average molecular weight is 242 g/mol. The van der Waals surface area contributed by atoms with E-state index in [0.29, 0.717) is 12.6 Å². The molecule has 0 radical (unpaired) electrons. The highest BCUT2D eigenvalue weighted by molar-refractivity contribution is 7.09.